The first-order valence-corrected chi connectivity index (χ1v) is 6.31. The maximum absolute atomic E-state index is 11.0. The van der Waals surface area contributed by atoms with Crippen LogP contribution in [0.2, 0.25) is 0 Å². The monoisotopic (exact) mass is 296 g/mol. The molecule has 22 heavy (non-hydrogen) atoms. The highest BCUT2D eigenvalue weighted by molar-refractivity contribution is 5.84. The molecule has 2 rings (SSSR count). The molecule has 0 aliphatic heterocycles. The molecular weight excluding hydrogens is 284 g/mol. The van der Waals surface area contributed by atoms with Crippen LogP contribution in [0.4, 0.5) is 11.4 Å². The van der Waals surface area contributed by atoms with Crippen molar-refractivity contribution in [1.82, 2.24) is 0 Å². The molecule has 2 aromatic carbocycles. The first-order valence-electron chi connectivity index (χ1n) is 6.31. The number of hydrogen-bond donors (Lipinski definition) is 0. The number of carbonyl (C=O) groups is 1. The Balaban J connectivity index is 2.05. The SMILES string of the molecule is C=CC(=O)Oc1ccc(N=Cc2ccc([N+](=O)[O-])cc2)cc1. The maximum atomic E-state index is 11.0. The number of nitro benzene ring substituents is 1. The quantitative estimate of drug-likeness (QED) is 0.211. The van der Waals surface area contributed by atoms with E-state index in [4.69, 9.17) is 4.74 Å². The van der Waals surface area contributed by atoms with Crippen LogP contribution in [0.25, 0.3) is 0 Å². The van der Waals surface area contributed by atoms with Crippen LogP contribution in [0, 0.1) is 10.1 Å². The summed E-state index contributed by atoms with van der Waals surface area (Å²) in [4.78, 5) is 25.4. The molecule has 0 unspecified atom stereocenters. The predicted octanol–water partition coefficient (Wildman–Crippen LogP) is 3.44. The van der Waals surface area contributed by atoms with Crippen LogP contribution in [-0.2, 0) is 4.79 Å². The summed E-state index contributed by atoms with van der Waals surface area (Å²) in [6.07, 6.45) is 2.68. The molecule has 6 heteroatoms. The average Bonchev–Trinajstić information content (AvgIpc) is 2.54. The van der Waals surface area contributed by atoms with Gasteiger partial charge in [-0.3, -0.25) is 15.1 Å². The highest BCUT2D eigenvalue weighted by Gasteiger charge is 2.02. The number of hydrogen-bond acceptors (Lipinski definition) is 5. The van der Waals surface area contributed by atoms with Crippen molar-refractivity contribution < 1.29 is 14.5 Å². The Labute approximate surface area is 126 Å². The summed E-state index contributed by atoms with van der Waals surface area (Å²) in [5, 5.41) is 10.6. The van der Waals surface area contributed by atoms with Gasteiger partial charge in [-0.2, -0.15) is 0 Å². The second kappa shape index (κ2) is 6.94. The van der Waals surface area contributed by atoms with E-state index in [1.54, 1.807) is 42.6 Å². The Morgan fingerprint density at radius 3 is 2.32 bits per heavy atom. The summed E-state index contributed by atoms with van der Waals surface area (Å²) in [6, 6.07) is 12.7. The predicted molar refractivity (Wildman–Crippen MR) is 82.6 cm³/mol. The molecule has 0 fully saturated rings. The molecule has 0 bridgehead atoms. The average molecular weight is 296 g/mol. The van der Waals surface area contributed by atoms with Gasteiger partial charge >= 0.3 is 5.97 Å². The van der Waals surface area contributed by atoms with Crippen molar-refractivity contribution in [3.8, 4) is 5.75 Å². The van der Waals surface area contributed by atoms with E-state index in [9.17, 15) is 14.9 Å². The van der Waals surface area contributed by atoms with Gasteiger partial charge < -0.3 is 4.74 Å². The van der Waals surface area contributed by atoms with Crippen molar-refractivity contribution in [3.63, 3.8) is 0 Å². The molecule has 0 spiro atoms. The smallest absolute Gasteiger partial charge is 0.335 e. The Hall–Kier alpha value is -3.28. The molecule has 0 saturated heterocycles. The van der Waals surface area contributed by atoms with E-state index in [1.807, 2.05) is 0 Å². The molecule has 0 aliphatic rings. The molecule has 0 radical (unpaired) electrons. The lowest BCUT2D eigenvalue weighted by atomic mass is 10.2. The summed E-state index contributed by atoms with van der Waals surface area (Å²) < 4.78 is 4.94. The van der Waals surface area contributed by atoms with Crippen molar-refractivity contribution in [1.29, 1.82) is 0 Å². The van der Waals surface area contributed by atoms with Crippen molar-refractivity contribution in [3.05, 3.63) is 76.9 Å². The number of non-ortho nitro benzene ring substituents is 1. The molecule has 0 aromatic heterocycles. The lowest BCUT2D eigenvalue weighted by Crippen LogP contribution is -2.02. The lowest BCUT2D eigenvalue weighted by Gasteiger charge is -2.01. The van der Waals surface area contributed by atoms with Crippen molar-refractivity contribution in [2.24, 2.45) is 4.99 Å². The standard InChI is InChI=1S/C16H12N2O4/c1-2-16(19)22-15-9-5-13(6-10-15)17-11-12-3-7-14(8-4-12)18(20)21/h2-11H,1H2. The van der Waals surface area contributed by atoms with E-state index in [-0.39, 0.29) is 5.69 Å². The van der Waals surface area contributed by atoms with Crippen LogP contribution < -0.4 is 4.74 Å². The molecule has 0 amide bonds. The molecule has 0 N–H and O–H groups in total. The van der Waals surface area contributed by atoms with Crippen molar-refractivity contribution in [2.75, 3.05) is 0 Å². The first-order chi connectivity index (χ1) is 10.6. The Kier molecular flexibility index (Phi) is 4.77. The fraction of sp³-hybridized carbons (Fsp3) is 0. The topological polar surface area (TPSA) is 81.8 Å². The van der Waals surface area contributed by atoms with E-state index in [2.05, 4.69) is 11.6 Å². The van der Waals surface area contributed by atoms with Crippen LogP contribution in [0.3, 0.4) is 0 Å². The number of esters is 1. The number of benzene rings is 2. The third-order valence-electron chi connectivity index (χ3n) is 2.69. The highest BCUT2D eigenvalue weighted by Crippen LogP contribution is 2.18. The third kappa shape index (κ3) is 4.11. The van der Waals surface area contributed by atoms with Crippen LogP contribution in [-0.4, -0.2) is 17.1 Å². The Morgan fingerprint density at radius 2 is 1.77 bits per heavy atom. The van der Waals surface area contributed by atoms with E-state index in [1.165, 1.54) is 12.1 Å². The largest absolute Gasteiger partial charge is 0.423 e. The van der Waals surface area contributed by atoms with Gasteiger partial charge in [0.15, 0.2) is 0 Å². The summed E-state index contributed by atoms with van der Waals surface area (Å²) >= 11 is 0. The summed E-state index contributed by atoms with van der Waals surface area (Å²) in [5.41, 5.74) is 1.44. The fourth-order valence-electron chi connectivity index (χ4n) is 1.59. The molecule has 6 nitrogen and oxygen atoms in total. The van der Waals surface area contributed by atoms with Gasteiger partial charge in [-0.25, -0.2) is 4.79 Å². The van der Waals surface area contributed by atoms with E-state index in [0.717, 1.165) is 11.6 Å². The van der Waals surface area contributed by atoms with Crippen LogP contribution in [0.5, 0.6) is 5.75 Å². The zero-order valence-electron chi connectivity index (χ0n) is 11.5. The number of carbonyl (C=O) groups excluding carboxylic acids is 1. The first kappa shape index (κ1) is 15.1. The minimum absolute atomic E-state index is 0.0329. The van der Waals surface area contributed by atoms with Gasteiger partial charge in [0.05, 0.1) is 10.6 Å². The van der Waals surface area contributed by atoms with Crippen molar-refractivity contribution >= 4 is 23.6 Å². The molecule has 0 aliphatic carbocycles. The molecule has 2 aromatic rings. The second-order valence-corrected chi connectivity index (χ2v) is 4.23. The molecule has 0 atom stereocenters. The molecule has 0 heterocycles. The number of nitrogens with zero attached hydrogens (tertiary/aromatic N) is 2. The molecule has 0 saturated carbocycles. The summed E-state index contributed by atoms with van der Waals surface area (Å²) in [6.45, 7) is 3.31. The van der Waals surface area contributed by atoms with Crippen LogP contribution in [0.15, 0.2) is 66.2 Å². The minimum Gasteiger partial charge on any atom is -0.423 e. The lowest BCUT2D eigenvalue weighted by molar-refractivity contribution is -0.384. The van der Waals surface area contributed by atoms with Crippen LogP contribution >= 0.6 is 0 Å². The van der Waals surface area contributed by atoms with Gasteiger partial charge in [-0.15, -0.1) is 0 Å². The van der Waals surface area contributed by atoms with Gasteiger partial charge in [0.1, 0.15) is 5.75 Å². The van der Waals surface area contributed by atoms with Crippen LogP contribution in [0.1, 0.15) is 5.56 Å². The maximum Gasteiger partial charge on any atom is 0.335 e. The zero-order valence-corrected chi connectivity index (χ0v) is 11.5. The normalized spacial score (nSPS) is 10.4. The number of nitro groups is 1. The van der Waals surface area contributed by atoms with Gasteiger partial charge in [-0.1, -0.05) is 6.58 Å². The van der Waals surface area contributed by atoms with E-state index < -0.39 is 10.9 Å². The molecule has 110 valence electrons. The minimum atomic E-state index is -0.526. The van der Waals surface area contributed by atoms with Gasteiger partial charge in [-0.05, 0) is 42.0 Å². The third-order valence-corrected chi connectivity index (χ3v) is 2.69. The number of rotatable bonds is 5. The number of aliphatic imine (C=N–C) groups is 1. The number of ether oxygens (including phenoxy) is 1. The molecular formula is C16H12N2O4. The fourth-order valence-corrected chi connectivity index (χ4v) is 1.59. The van der Waals surface area contributed by atoms with Gasteiger partial charge in [0, 0.05) is 24.4 Å². The van der Waals surface area contributed by atoms with E-state index in [0.29, 0.717) is 11.4 Å². The second-order valence-electron chi connectivity index (χ2n) is 4.23. The summed E-state index contributed by atoms with van der Waals surface area (Å²) in [7, 11) is 0. The summed E-state index contributed by atoms with van der Waals surface area (Å²) in [5.74, 6) is -0.124. The van der Waals surface area contributed by atoms with Crippen molar-refractivity contribution in [2.45, 2.75) is 0 Å². The van der Waals surface area contributed by atoms with Gasteiger partial charge in [0.25, 0.3) is 5.69 Å². The van der Waals surface area contributed by atoms with Gasteiger partial charge in [0.2, 0.25) is 0 Å². The highest BCUT2D eigenvalue weighted by atomic mass is 16.6. The van der Waals surface area contributed by atoms with E-state index >= 15 is 0 Å². The zero-order chi connectivity index (χ0) is 15.9. The Morgan fingerprint density at radius 1 is 1.14 bits per heavy atom. The Bertz CT molecular complexity index is 719.